The predicted molar refractivity (Wildman–Crippen MR) is 104 cm³/mol. The molecule has 2 nitrogen and oxygen atoms in total. The van der Waals surface area contributed by atoms with Crippen LogP contribution in [0.4, 0.5) is 0 Å². The summed E-state index contributed by atoms with van der Waals surface area (Å²) < 4.78 is 5.74. The molecule has 1 aliphatic carbocycles. The molecule has 0 aliphatic heterocycles. The topological polar surface area (TPSA) is 26.3 Å². The highest BCUT2D eigenvalue weighted by molar-refractivity contribution is 5.82. The zero-order chi connectivity index (χ0) is 18.4. The first-order valence-corrected chi connectivity index (χ1v) is 9.53. The second-order valence-corrected chi connectivity index (χ2v) is 7.82. The standard InChI is InChI=1S/C23H32O2/c1-6-8-19-13-17(3)22(18(4)14-19)15-20(24)16-23(5)11-9-21(10-12-23)25-7-2/h13-14,21H,7,9-12,15-16H2,1-5H3. The Bertz CT molecular complexity index is 644. The Morgan fingerprint density at radius 3 is 2.36 bits per heavy atom. The predicted octanol–water partition coefficient (Wildman–Crippen LogP) is 5.16. The van der Waals surface area contributed by atoms with Gasteiger partial charge in [0.15, 0.2) is 0 Å². The summed E-state index contributed by atoms with van der Waals surface area (Å²) in [5, 5.41) is 0. The molecule has 0 amide bonds. The minimum absolute atomic E-state index is 0.139. The number of rotatable bonds is 6. The van der Waals surface area contributed by atoms with E-state index in [0.717, 1.165) is 37.9 Å². The third kappa shape index (κ3) is 5.44. The first-order valence-electron chi connectivity index (χ1n) is 9.53. The molecule has 1 aromatic carbocycles. The van der Waals surface area contributed by atoms with Crippen molar-refractivity contribution in [2.75, 3.05) is 6.61 Å². The van der Waals surface area contributed by atoms with Gasteiger partial charge in [-0.2, -0.15) is 0 Å². The Kier molecular flexibility index (Phi) is 6.85. The van der Waals surface area contributed by atoms with Gasteiger partial charge in [-0.15, -0.1) is 5.92 Å². The van der Waals surface area contributed by atoms with E-state index in [0.29, 0.717) is 24.7 Å². The number of benzene rings is 1. The minimum atomic E-state index is 0.139. The second kappa shape index (κ2) is 8.68. The molecule has 0 heterocycles. The number of hydrogen-bond donors (Lipinski definition) is 0. The first-order chi connectivity index (χ1) is 11.9. The van der Waals surface area contributed by atoms with Gasteiger partial charge in [-0.05, 0) is 87.6 Å². The van der Waals surface area contributed by atoms with Gasteiger partial charge < -0.3 is 4.74 Å². The van der Waals surface area contributed by atoms with Gasteiger partial charge >= 0.3 is 0 Å². The van der Waals surface area contributed by atoms with Gasteiger partial charge in [0.1, 0.15) is 5.78 Å². The van der Waals surface area contributed by atoms with E-state index >= 15 is 0 Å². The Balaban J connectivity index is 1.99. The van der Waals surface area contributed by atoms with E-state index < -0.39 is 0 Å². The zero-order valence-electron chi connectivity index (χ0n) is 16.5. The van der Waals surface area contributed by atoms with Crippen LogP contribution in [0.15, 0.2) is 12.1 Å². The average Bonchev–Trinajstić information content (AvgIpc) is 2.54. The molecule has 0 saturated heterocycles. The van der Waals surface area contributed by atoms with Crippen LogP contribution in [0.25, 0.3) is 0 Å². The maximum atomic E-state index is 12.7. The maximum absolute atomic E-state index is 12.7. The quantitative estimate of drug-likeness (QED) is 0.668. The lowest BCUT2D eigenvalue weighted by Gasteiger charge is -2.36. The van der Waals surface area contributed by atoms with E-state index in [9.17, 15) is 4.79 Å². The molecule has 0 atom stereocenters. The molecule has 0 aromatic heterocycles. The Labute approximate surface area is 153 Å². The Hall–Kier alpha value is -1.59. The smallest absolute Gasteiger partial charge is 0.137 e. The molecule has 1 saturated carbocycles. The number of ether oxygens (including phenoxy) is 1. The van der Waals surface area contributed by atoms with E-state index in [1.54, 1.807) is 0 Å². The summed E-state index contributed by atoms with van der Waals surface area (Å²) >= 11 is 0. The van der Waals surface area contributed by atoms with Crippen molar-refractivity contribution in [3.05, 3.63) is 34.4 Å². The molecule has 2 rings (SSSR count). The molecular weight excluding hydrogens is 308 g/mol. The third-order valence-electron chi connectivity index (χ3n) is 5.51. The maximum Gasteiger partial charge on any atom is 0.137 e. The largest absolute Gasteiger partial charge is 0.379 e. The van der Waals surface area contributed by atoms with Gasteiger partial charge in [0.2, 0.25) is 0 Å². The van der Waals surface area contributed by atoms with Crippen LogP contribution in [0, 0.1) is 31.1 Å². The van der Waals surface area contributed by atoms with E-state index in [1.165, 1.54) is 16.7 Å². The fraction of sp³-hybridized carbons (Fsp3) is 0.609. The summed E-state index contributed by atoms with van der Waals surface area (Å²) in [7, 11) is 0. The minimum Gasteiger partial charge on any atom is -0.379 e. The molecule has 0 spiro atoms. The van der Waals surface area contributed by atoms with Crippen molar-refractivity contribution < 1.29 is 9.53 Å². The molecule has 1 fully saturated rings. The van der Waals surface area contributed by atoms with Gasteiger partial charge in [0, 0.05) is 25.0 Å². The molecule has 25 heavy (non-hydrogen) atoms. The monoisotopic (exact) mass is 340 g/mol. The molecular formula is C23H32O2. The van der Waals surface area contributed by atoms with Crippen molar-refractivity contribution in [2.45, 2.75) is 79.2 Å². The lowest BCUT2D eigenvalue weighted by molar-refractivity contribution is -0.121. The first kappa shape index (κ1) is 19.7. The van der Waals surface area contributed by atoms with E-state index in [4.69, 9.17) is 4.74 Å². The summed E-state index contributed by atoms with van der Waals surface area (Å²) in [6, 6.07) is 4.20. The van der Waals surface area contributed by atoms with Crippen molar-refractivity contribution in [1.82, 2.24) is 0 Å². The highest BCUT2D eigenvalue weighted by Crippen LogP contribution is 2.40. The molecule has 1 aromatic rings. The van der Waals surface area contributed by atoms with Crippen LogP contribution in [0.1, 0.15) is 75.1 Å². The SMILES string of the molecule is CC#Cc1cc(C)c(CC(=O)CC2(C)CCC(OCC)CC2)c(C)c1. The van der Waals surface area contributed by atoms with Gasteiger partial charge in [-0.1, -0.05) is 12.8 Å². The van der Waals surface area contributed by atoms with Crippen molar-refractivity contribution in [2.24, 2.45) is 5.41 Å². The summed E-state index contributed by atoms with van der Waals surface area (Å²) in [5.74, 6) is 6.41. The van der Waals surface area contributed by atoms with Gasteiger partial charge in [0.05, 0.1) is 6.10 Å². The van der Waals surface area contributed by atoms with Gasteiger partial charge in [-0.25, -0.2) is 0 Å². The zero-order valence-corrected chi connectivity index (χ0v) is 16.5. The number of Topliss-reactive ketones (excluding diaryl/α,β-unsaturated/α-hetero) is 1. The number of carbonyl (C=O) groups excluding carboxylic acids is 1. The number of aryl methyl sites for hydroxylation is 2. The van der Waals surface area contributed by atoms with E-state index in [1.807, 2.05) is 6.92 Å². The van der Waals surface area contributed by atoms with E-state index in [-0.39, 0.29) is 5.41 Å². The Morgan fingerprint density at radius 1 is 1.24 bits per heavy atom. The average molecular weight is 341 g/mol. The van der Waals surface area contributed by atoms with Crippen LogP contribution in [0.3, 0.4) is 0 Å². The fourth-order valence-corrected chi connectivity index (χ4v) is 4.09. The second-order valence-electron chi connectivity index (χ2n) is 7.82. The van der Waals surface area contributed by atoms with Crippen LogP contribution in [0.5, 0.6) is 0 Å². The normalized spacial score (nSPS) is 23.0. The fourth-order valence-electron chi connectivity index (χ4n) is 4.09. The highest BCUT2D eigenvalue weighted by Gasteiger charge is 2.33. The summed E-state index contributed by atoms with van der Waals surface area (Å²) in [4.78, 5) is 12.7. The molecule has 0 radical (unpaired) electrons. The van der Waals surface area contributed by atoms with Crippen LogP contribution in [0.2, 0.25) is 0 Å². The van der Waals surface area contributed by atoms with Crippen molar-refractivity contribution in [3.63, 3.8) is 0 Å². The number of ketones is 1. The molecule has 136 valence electrons. The lowest BCUT2D eigenvalue weighted by Crippen LogP contribution is -2.31. The van der Waals surface area contributed by atoms with E-state index in [2.05, 4.69) is 51.7 Å². The Morgan fingerprint density at radius 2 is 1.84 bits per heavy atom. The highest BCUT2D eigenvalue weighted by atomic mass is 16.5. The number of hydrogen-bond acceptors (Lipinski definition) is 2. The van der Waals surface area contributed by atoms with Gasteiger partial charge in [0.25, 0.3) is 0 Å². The summed E-state index contributed by atoms with van der Waals surface area (Å²) in [6.45, 7) is 11.1. The summed E-state index contributed by atoms with van der Waals surface area (Å²) in [6.07, 6.45) is 5.96. The van der Waals surface area contributed by atoms with Crippen molar-refractivity contribution in [3.8, 4) is 11.8 Å². The molecule has 0 bridgehead atoms. The third-order valence-corrected chi connectivity index (χ3v) is 5.51. The van der Waals surface area contributed by atoms with Crippen LogP contribution >= 0.6 is 0 Å². The summed E-state index contributed by atoms with van der Waals surface area (Å²) in [5.41, 5.74) is 4.71. The van der Waals surface area contributed by atoms with Crippen LogP contribution in [-0.2, 0) is 16.0 Å². The molecule has 0 unspecified atom stereocenters. The van der Waals surface area contributed by atoms with Crippen molar-refractivity contribution in [1.29, 1.82) is 0 Å². The van der Waals surface area contributed by atoms with Crippen LogP contribution < -0.4 is 0 Å². The van der Waals surface area contributed by atoms with Crippen LogP contribution in [-0.4, -0.2) is 18.5 Å². The lowest BCUT2D eigenvalue weighted by atomic mass is 9.71. The number of carbonyl (C=O) groups is 1. The molecule has 2 heteroatoms. The molecule has 0 N–H and O–H groups in total. The van der Waals surface area contributed by atoms with Gasteiger partial charge in [-0.3, -0.25) is 4.79 Å². The molecule has 1 aliphatic rings. The van der Waals surface area contributed by atoms with Crippen molar-refractivity contribution >= 4 is 5.78 Å².